The summed E-state index contributed by atoms with van der Waals surface area (Å²) in [5.74, 6) is 1.00. The molecule has 0 radical (unpaired) electrons. The summed E-state index contributed by atoms with van der Waals surface area (Å²) in [6.07, 6.45) is 6.31. The van der Waals surface area contributed by atoms with Crippen LogP contribution in [0.4, 0.5) is 0 Å². The number of methoxy groups -OCH3 is 1. The first-order valence-electron chi connectivity index (χ1n) is 10.7. The number of nitrogens with zero attached hydrogens (tertiary/aromatic N) is 2. The third kappa shape index (κ3) is 6.76. The van der Waals surface area contributed by atoms with Gasteiger partial charge in [0.05, 0.1) is 19.8 Å². The molecule has 0 aromatic heterocycles. The summed E-state index contributed by atoms with van der Waals surface area (Å²) in [6, 6.07) is 8.25. The molecule has 1 unspecified atom stereocenters. The molecule has 1 aliphatic heterocycles. The highest BCUT2D eigenvalue weighted by Crippen LogP contribution is 2.17. The Labute approximate surface area is 168 Å². The Balaban J connectivity index is 1.33. The van der Waals surface area contributed by atoms with Crippen LogP contribution in [0.5, 0.6) is 5.75 Å². The molecule has 1 amide bonds. The van der Waals surface area contributed by atoms with Gasteiger partial charge in [-0.15, -0.1) is 0 Å². The van der Waals surface area contributed by atoms with Crippen molar-refractivity contribution >= 4 is 5.91 Å². The van der Waals surface area contributed by atoms with E-state index in [0.717, 1.165) is 50.3 Å². The topological polar surface area (TPSA) is 65.0 Å². The standard InChI is InChI=1S/C22H35N3O3/c1-28-21-9-7-18(8-10-21)15-20(26)16-24-11-13-25(14-12-24)17-22(27)23-19-5-3-2-4-6-19/h7-10,19-20,26H,2-6,11-17H2,1H3,(H,23,27). The molecule has 1 saturated carbocycles. The molecule has 1 aliphatic carbocycles. The molecule has 156 valence electrons. The molecule has 0 bridgehead atoms. The maximum atomic E-state index is 12.3. The number of piperazine rings is 1. The highest BCUT2D eigenvalue weighted by atomic mass is 16.5. The van der Waals surface area contributed by atoms with Crippen LogP contribution in [0.2, 0.25) is 0 Å². The van der Waals surface area contributed by atoms with Crippen LogP contribution in [-0.2, 0) is 11.2 Å². The fourth-order valence-corrected chi connectivity index (χ4v) is 4.25. The maximum absolute atomic E-state index is 12.3. The van der Waals surface area contributed by atoms with Gasteiger partial charge in [0.1, 0.15) is 5.75 Å². The van der Waals surface area contributed by atoms with Crippen molar-refractivity contribution in [3.05, 3.63) is 29.8 Å². The van der Waals surface area contributed by atoms with Crippen LogP contribution in [0.1, 0.15) is 37.7 Å². The summed E-state index contributed by atoms with van der Waals surface area (Å²) < 4.78 is 5.17. The molecule has 6 heteroatoms. The minimum absolute atomic E-state index is 0.167. The third-order valence-electron chi connectivity index (χ3n) is 5.90. The van der Waals surface area contributed by atoms with Crippen LogP contribution in [-0.4, -0.2) is 79.3 Å². The number of aliphatic hydroxyl groups excluding tert-OH is 1. The number of amides is 1. The van der Waals surface area contributed by atoms with Crippen LogP contribution in [0.3, 0.4) is 0 Å². The lowest BCUT2D eigenvalue weighted by Gasteiger charge is -2.35. The molecule has 28 heavy (non-hydrogen) atoms. The highest BCUT2D eigenvalue weighted by Gasteiger charge is 2.22. The van der Waals surface area contributed by atoms with Crippen molar-refractivity contribution in [2.45, 2.75) is 50.7 Å². The molecule has 2 fully saturated rings. The minimum atomic E-state index is -0.380. The number of hydrogen-bond donors (Lipinski definition) is 2. The Morgan fingerprint density at radius 3 is 2.39 bits per heavy atom. The number of aliphatic hydroxyl groups is 1. The Hall–Kier alpha value is -1.63. The van der Waals surface area contributed by atoms with Gasteiger partial charge in [-0.2, -0.15) is 0 Å². The van der Waals surface area contributed by atoms with Crippen molar-refractivity contribution in [2.24, 2.45) is 0 Å². The number of benzene rings is 1. The van der Waals surface area contributed by atoms with E-state index in [1.165, 1.54) is 19.3 Å². The second-order valence-corrected chi connectivity index (χ2v) is 8.19. The first kappa shape index (κ1) is 21.1. The van der Waals surface area contributed by atoms with Crippen molar-refractivity contribution in [3.63, 3.8) is 0 Å². The lowest BCUT2D eigenvalue weighted by atomic mass is 9.95. The molecule has 1 aromatic carbocycles. The van der Waals surface area contributed by atoms with Gasteiger partial charge in [0.2, 0.25) is 5.91 Å². The van der Waals surface area contributed by atoms with E-state index in [9.17, 15) is 9.90 Å². The third-order valence-corrected chi connectivity index (χ3v) is 5.90. The predicted octanol–water partition coefficient (Wildman–Crippen LogP) is 1.67. The molecule has 1 saturated heterocycles. The average molecular weight is 390 g/mol. The number of carbonyl (C=O) groups is 1. The van der Waals surface area contributed by atoms with E-state index >= 15 is 0 Å². The smallest absolute Gasteiger partial charge is 0.234 e. The molecule has 1 atom stereocenters. The lowest BCUT2D eigenvalue weighted by molar-refractivity contribution is -0.123. The van der Waals surface area contributed by atoms with Gasteiger partial charge in [0.25, 0.3) is 0 Å². The van der Waals surface area contributed by atoms with E-state index in [-0.39, 0.29) is 12.0 Å². The maximum Gasteiger partial charge on any atom is 0.234 e. The van der Waals surface area contributed by atoms with Crippen LogP contribution >= 0.6 is 0 Å². The van der Waals surface area contributed by atoms with Gasteiger partial charge >= 0.3 is 0 Å². The number of rotatable bonds is 8. The summed E-state index contributed by atoms with van der Waals surface area (Å²) in [5, 5.41) is 13.6. The van der Waals surface area contributed by atoms with Crippen molar-refractivity contribution in [2.75, 3.05) is 46.4 Å². The normalized spacial score (nSPS) is 20.6. The summed E-state index contributed by atoms with van der Waals surface area (Å²) in [6.45, 7) is 4.74. The SMILES string of the molecule is COc1ccc(CC(O)CN2CCN(CC(=O)NC3CCCCC3)CC2)cc1. The molecule has 3 rings (SSSR count). The van der Waals surface area contributed by atoms with Crippen molar-refractivity contribution in [1.29, 1.82) is 0 Å². The van der Waals surface area contributed by atoms with E-state index < -0.39 is 0 Å². The fraction of sp³-hybridized carbons (Fsp3) is 0.682. The van der Waals surface area contributed by atoms with E-state index in [2.05, 4.69) is 15.1 Å². The second kappa shape index (κ2) is 10.8. The van der Waals surface area contributed by atoms with Gasteiger partial charge in [-0.05, 0) is 37.0 Å². The molecule has 2 aliphatic rings. The van der Waals surface area contributed by atoms with Crippen LogP contribution in [0.25, 0.3) is 0 Å². The van der Waals surface area contributed by atoms with Gasteiger partial charge in [-0.3, -0.25) is 14.6 Å². The molecule has 2 N–H and O–H groups in total. The minimum Gasteiger partial charge on any atom is -0.497 e. The Bertz CT molecular complexity index is 594. The highest BCUT2D eigenvalue weighted by molar-refractivity contribution is 5.78. The van der Waals surface area contributed by atoms with E-state index in [1.807, 2.05) is 24.3 Å². The van der Waals surface area contributed by atoms with E-state index in [1.54, 1.807) is 7.11 Å². The zero-order valence-corrected chi connectivity index (χ0v) is 17.1. The van der Waals surface area contributed by atoms with Crippen molar-refractivity contribution in [1.82, 2.24) is 15.1 Å². The summed E-state index contributed by atoms with van der Waals surface area (Å²) in [5.41, 5.74) is 1.12. The number of β-amino-alcohol motifs (C(OH)–C–C–N with tert-alkyl or cyclic N) is 1. The van der Waals surface area contributed by atoms with Crippen LogP contribution < -0.4 is 10.1 Å². The van der Waals surface area contributed by atoms with Gasteiger partial charge in [0, 0.05) is 38.8 Å². The molecule has 0 spiro atoms. The first-order valence-corrected chi connectivity index (χ1v) is 10.7. The van der Waals surface area contributed by atoms with E-state index in [4.69, 9.17) is 4.74 Å². The molecular weight excluding hydrogens is 354 g/mol. The van der Waals surface area contributed by atoms with Gasteiger partial charge < -0.3 is 15.2 Å². The summed E-state index contributed by atoms with van der Waals surface area (Å²) >= 11 is 0. The first-order chi connectivity index (χ1) is 13.6. The zero-order valence-electron chi connectivity index (χ0n) is 17.1. The van der Waals surface area contributed by atoms with Gasteiger partial charge in [0.15, 0.2) is 0 Å². The largest absolute Gasteiger partial charge is 0.497 e. The quantitative estimate of drug-likeness (QED) is 0.708. The number of nitrogens with one attached hydrogen (secondary N) is 1. The summed E-state index contributed by atoms with van der Waals surface area (Å²) in [4.78, 5) is 16.8. The summed E-state index contributed by atoms with van der Waals surface area (Å²) in [7, 11) is 1.66. The van der Waals surface area contributed by atoms with Crippen LogP contribution in [0.15, 0.2) is 24.3 Å². The number of carbonyl (C=O) groups excluding carboxylic acids is 1. The number of ether oxygens (including phenoxy) is 1. The van der Waals surface area contributed by atoms with Gasteiger partial charge in [-0.25, -0.2) is 0 Å². The van der Waals surface area contributed by atoms with Gasteiger partial charge in [-0.1, -0.05) is 31.4 Å². The Kier molecular flexibility index (Phi) is 8.13. The van der Waals surface area contributed by atoms with Crippen molar-refractivity contribution < 1.29 is 14.6 Å². The molecule has 1 aromatic rings. The molecular formula is C22H35N3O3. The Morgan fingerprint density at radius 2 is 1.75 bits per heavy atom. The zero-order chi connectivity index (χ0) is 19.8. The van der Waals surface area contributed by atoms with Crippen molar-refractivity contribution in [3.8, 4) is 5.75 Å². The van der Waals surface area contributed by atoms with E-state index in [0.29, 0.717) is 25.6 Å². The Morgan fingerprint density at radius 1 is 1.11 bits per heavy atom. The van der Waals surface area contributed by atoms with Crippen LogP contribution in [0, 0.1) is 0 Å². The predicted molar refractivity (Wildman–Crippen MR) is 111 cm³/mol. The monoisotopic (exact) mass is 389 g/mol. The fourth-order valence-electron chi connectivity index (χ4n) is 4.25. The average Bonchev–Trinajstić information content (AvgIpc) is 2.71. The molecule has 1 heterocycles. The molecule has 6 nitrogen and oxygen atoms in total. The number of hydrogen-bond acceptors (Lipinski definition) is 5. The second-order valence-electron chi connectivity index (χ2n) is 8.19. The lowest BCUT2D eigenvalue weighted by Crippen LogP contribution is -2.52.